The van der Waals surface area contributed by atoms with Gasteiger partial charge in [-0.05, 0) is 47.5 Å². The highest BCUT2D eigenvalue weighted by atomic mass is 16.7. The third-order valence-electron chi connectivity index (χ3n) is 9.83. The zero-order valence-corrected chi connectivity index (χ0v) is 32.2. The highest BCUT2D eigenvalue weighted by Crippen LogP contribution is 2.34. The quantitative estimate of drug-likeness (QED) is 0.0445. The second-order valence-electron chi connectivity index (χ2n) is 13.9. The summed E-state index contributed by atoms with van der Waals surface area (Å²) in [6.07, 6.45) is -17.3. The molecule has 5 rings (SSSR count). The Balaban J connectivity index is 1.18. The Labute approximate surface area is 342 Å². The van der Waals surface area contributed by atoms with Gasteiger partial charge in [-0.1, -0.05) is 24.3 Å². The Morgan fingerprint density at radius 2 is 0.983 bits per heavy atom. The molecule has 2 aromatic rings. The molecule has 332 valence electrons. The van der Waals surface area contributed by atoms with E-state index in [9.17, 15) is 66.1 Å². The summed E-state index contributed by atoms with van der Waals surface area (Å²) >= 11 is 0. The maximum Gasteiger partial charge on any atom is 0.229 e. The minimum absolute atomic E-state index is 0.0232. The first kappa shape index (κ1) is 46.8. The van der Waals surface area contributed by atoms with Crippen LogP contribution in [0.2, 0.25) is 0 Å². The lowest BCUT2D eigenvalue weighted by Crippen LogP contribution is -2.62. The summed E-state index contributed by atoms with van der Waals surface area (Å²) < 4.78 is 43.9. The molecule has 3 fully saturated rings. The molecule has 3 aliphatic rings. The average Bonchev–Trinajstić information content (AvgIpc) is 3.25. The highest BCUT2D eigenvalue weighted by Gasteiger charge is 2.48. The van der Waals surface area contributed by atoms with Crippen LogP contribution in [0.1, 0.15) is 11.1 Å². The van der Waals surface area contributed by atoms with Gasteiger partial charge in [-0.3, -0.25) is 4.79 Å². The number of allylic oxidation sites excluding steroid dienone is 3. The van der Waals surface area contributed by atoms with E-state index >= 15 is 0 Å². The van der Waals surface area contributed by atoms with Crippen LogP contribution < -0.4 is 18.9 Å². The largest absolute Gasteiger partial charge is 0.508 e. The molecule has 0 radical (unpaired) electrons. The number of hydrogen-bond acceptors (Lipinski definition) is 21. The summed E-state index contributed by atoms with van der Waals surface area (Å²) in [5.41, 5.74) is 0.944. The lowest BCUT2D eigenvalue weighted by Gasteiger charge is -2.42. The summed E-state index contributed by atoms with van der Waals surface area (Å²) in [7, 11) is 2.67. The number of aliphatic hydroxyl groups excluding tert-OH is 12. The van der Waals surface area contributed by atoms with Crippen LogP contribution >= 0.6 is 0 Å². The minimum atomic E-state index is -1.79. The van der Waals surface area contributed by atoms with Gasteiger partial charge in [0.15, 0.2) is 35.1 Å². The van der Waals surface area contributed by atoms with Gasteiger partial charge in [-0.15, -0.1) is 0 Å². The van der Waals surface area contributed by atoms with Crippen LogP contribution in [0.4, 0.5) is 0 Å². The van der Waals surface area contributed by atoms with Gasteiger partial charge in [0.25, 0.3) is 0 Å². The number of methoxy groups -OCH3 is 2. The van der Waals surface area contributed by atoms with E-state index in [-0.39, 0.29) is 23.0 Å². The topological polar surface area (TPSA) is 334 Å². The number of carbonyl (C=O) groups excluding carboxylic acids is 1. The number of carbonyl (C=O) groups is 1. The van der Waals surface area contributed by atoms with Crippen molar-refractivity contribution >= 4 is 17.9 Å². The maximum atomic E-state index is 12.6. The standard InChI is InChI=1S/C39H50O21/c1-53-23-11-17(5-9-21(23)56-38-35(51)32(48)29(45)26(15-41)59-38)3-7-19(42)13-20(43)8-4-18-6-10-22(24(12-18)54-2)57-39-36(52)33(49)30(46)27(60-39)16-55-37-34(50)31(47)28(44)25(14-40)58-37/h3-13,25-42,44-52H,14-16H2,1-2H3/b7-3+,8-4+,19-13-. The first-order chi connectivity index (χ1) is 28.6. The van der Waals surface area contributed by atoms with E-state index in [4.69, 9.17) is 37.9 Å². The van der Waals surface area contributed by atoms with Gasteiger partial charge in [0.1, 0.15) is 79.0 Å². The minimum Gasteiger partial charge on any atom is -0.508 e. The molecule has 2 aromatic carbocycles. The number of ether oxygens (including phenoxy) is 8. The summed E-state index contributed by atoms with van der Waals surface area (Å²) in [4.78, 5) is 12.6. The molecule has 0 aromatic heterocycles. The number of benzene rings is 2. The maximum absolute atomic E-state index is 12.6. The van der Waals surface area contributed by atoms with Crippen molar-refractivity contribution in [1.29, 1.82) is 0 Å². The van der Waals surface area contributed by atoms with Crippen LogP contribution in [0.15, 0.2) is 60.4 Å². The van der Waals surface area contributed by atoms with E-state index in [2.05, 4.69) is 0 Å². The fraction of sp³-hybridized carbons (Fsp3) is 0.513. The molecule has 21 nitrogen and oxygen atoms in total. The van der Waals surface area contributed by atoms with E-state index in [1.807, 2.05) is 0 Å². The average molecular weight is 855 g/mol. The second kappa shape index (κ2) is 21.0. The fourth-order valence-corrected chi connectivity index (χ4v) is 6.33. The Morgan fingerprint density at radius 1 is 0.567 bits per heavy atom. The Hall–Kier alpha value is -4.27. The zero-order chi connectivity index (χ0) is 43.8. The number of aliphatic hydroxyl groups is 12. The Bertz CT molecular complexity index is 1820. The molecule has 15 atom stereocenters. The van der Waals surface area contributed by atoms with Crippen LogP contribution in [0.5, 0.6) is 23.0 Å². The van der Waals surface area contributed by atoms with Gasteiger partial charge in [0.05, 0.1) is 34.0 Å². The predicted molar refractivity (Wildman–Crippen MR) is 201 cm³/mol. The number of rotatable bonds is 16. The lowest BCUT2D eigenvalue weighted by molar-refractivity contribution is -0.323. The molecule has 0 bridgehead atoms. The van der Waals surface area contributed by atoms with Crippen molar-refractivity contribution in [2.75, 3.05) is 34.0 Å². The van der Waals surface area contributed by atoms with Gasteiger partial charge in [0.2, 0.25) is 12.6 Å². The van der Waals surface area contributed by atoms with Crippen LogP contribution in [0.25, 0.3) is 12.2 Å². The summed E-state index contributed by atoms with van der Waals surface area (Å²) in [6.45, 7) is -1.89. The summed E-state index contributed by atoms with van der Waals surface area (Å²) in [6, 6.07) is 8.94. The first-order valence-electron chi connectivity index (χ1n) is 18.5. The third-order valence-corrected chi connectivity index (χ3v) is 9.83. The number of ketones is 1. The summed E-state index contributed by atoms with van der Waals surface area (Å²) in [5, 5.41) is 122. The van der Waals surface area contributed by atoms with Crippen LogP contribution in [-0.4, -0.2) is 193 Å². The van der Waals surface area contributed by atoms with E-state index in [0.29, 0.717) is 11.1 Å². The van der Waals surface area contributed by atoms with E-state index in [1.54, 1.807) is 6.07 Å². The van der Waals surface area contributed by atoms with E-state index in [0.717, 1.165) is 6.08 Å². The molecular formula is C39H50O21. The van der Waals surface area contributed by atoms with Crippen LogP contribution in [0, 0.1) is 0 Å². The van der Waals surface area contributed by atoms with Gasteiger partial charge in [-0.2, -0.15) is 0 Å². The van der Waals surface area contributed by atoms with Crippen LogP contribution in [0.3, 0.4) is 0 Å². The zero-order valence-electron chi connectivity index (χ0n) is 32.2. The van der Waals surface area contributed by atoms with Crippen molar-refractivity contribution in [2.24, 2.45) is 0 Å². The molecule has 60 heavy (non-hydrogen) atoms. The molecule has 21 heteroatoms. The van der Waals surface area contributed by atoms with Crippen molar-refractivity contribution in [3.8, 4) is 23.0 Å². The van der Waals surface area contributed by atoms with Crippen molar-refractivity contribution in [3.05, 3.63) is 71.5 Å². The van der Waals surface area contributed by atoms with Crippen LogP contribution in [-0.2, 0) is 23.7 Å². The normalized spacial score (nSPS) is 35.1. The van der Waals surface area contributed by atoms with Gasteiger partial charge in [-0.25, -0.2) is 0 Å². The number of hydrogen-bond donors (Lipinski definition) is 12. The second-order valence-corrected chi connectivity index (χ2v) is 13.9. The molecular weight excluding hydrogens is 804 g/mol. The lowest BCUT2D eigenvalue weighted by atomic mass is 9.98. The molecule has 0 spiro atoms. The predicted octanol–water partition coefficient (Wildman–Crippen LogP) is -3.38. The van der Waals surface area contributed by atoms with Crippen molar-refractivity contribution in [1.82, 2.24) is 0 Å². The molecule has 0 amide bonds. The first-order valence-corrected chi connectivity index (χ1v) is 18.5. The van der Waals surface area contributed by atoms with E-state index < -0.39 is 123 Å². The molecule has 0 aliphatic carbocycles. The van der Waals surface area contributed by atoms with Crippen molar-refractivity contribution in [2.45, 2.75) is 92.1 Å². The highest BCUT2D eigenvalue weighted by molar-refractivity contribution is 6.02. The Kier molecular flexibility index (Phi) is 16.4. The van der Waals surface area contributed by atoms with Gasteiger partial charge in [0, 0.05) is 6.08 Å². The monoisotopic (exact) mass is 854 g/mol. The molecule has 15 unspecified atom stereocenters. The Morgan fingerprint density at radius 3 is 1.45 bits per heavy atom. The smallest absolute Gasteiger partial charge is 0.229 e. The molecule has 0 saturated carbocycles. The molecule has 3 heterocycles. The molecule has 3 aliphatic heterocycles. The SMILES string of the molecule is COc1cc(/C=C/C(O)=C/C(=O)/C=C/c2ccc(OC3OC(COC4OC(CO)C(O)C(O)C4O)C(O)C(O)C3O)c(OC)c2)ccc1OC1OC(CO)C(O)C(O)C1O. The van der Waals surface area contributed by atoms with Crippen molar-refractivity contribution in [3.63, 3.8) is 0 Å². The van der Waals surface area contributed by atoms with Gasteiger partial charge >= 0.3 is 0 Å². The van der Waals surface area contributed by atoms with Gasteiger partial charge < -0.3 is 99.2 Å². The molecule has 3 saturated heterocycles. The summed E-state index contributed by atoms with van der Waals surface area (Å²) in [5.74, 6) is -0.597. The van der Waals surface area contributed by atoms with Crippen molar-refractivity contribution < 1.29 is 104 Å². The third kappa shape index (κ3) is 11.0. The molecule has 12 N–H and O–H groups in total. The van der Waals surface area contributed by atoms with E-state index in [1.165, 1.54) is 68.9 Å². The fourth-order valence-electron chi connectivity index (χ4n) is 6.33.